The molecule has 1 saturated heterocycles. The topological polar surface area (TPSA) is 87.9 Å². The molecule has 1 aromatic carbocycles. The first-order valence-electron chi connectivity index (χ1n) is 8.21. The number of carbonyl (C=O) groups excluding carboxylic acids is 1. The highest BCUT2D eigenvalue weighted by Crippen LogP contribution is 2.33. The Morgan fingerprint density at radius 3 is 3.08 bits per heavy atom. The van der Waals surface area contributed by atoms with Crippen LogP contribution < -0.4 is 0 Å². The monoisotopic (exact) mass is 325 g/mol. The van der Waals surface area contributed by atoms with E-state index in [4.69, 9.17) is 4.52 Å². The van der Waals surface area contributed by atoms with Crippen molar-refractivity contribution in [3.8, 4) is 0 Å². The molecule has 2 aromatic heterocycles. The standard InChI is InChI=1S/C17H19N5O2/c1-10(2)16-19-15(21-24-16)13-7-4-8-22(13)17(23)12-6-3-5-11-9-18-20-14(11)12/h3,5-6,9-10,13H,4,7-8H2,1-2H3,(H,18,20)/t13-/m0/s1. The van der Waals surface area contributed by atoms with Gasteiger partial charge in [0.25, 0.3) is 5.91 Å². The van der Waals surface area contributed by atoms with Crippen LogP contribution in [0.15, 0.2) is 28.9 Å². The number of para-hydroxylation sites is 1. The van der Waals surface area contributed by atoms with Gasteiger partial charge >= 0.3 is 0 Å². The zero-order valence-electron chi connectivity index (χ0n) is 13.7. The van der Waals surface area contributed by atoms with Crippen molar-refractivity contribution in [3.63, 3.8) is 0 Å². The Bertz CT molecular complexity index is 882. The Morgan fingerprint density at radius 2 is 2.29 bits per heavy atom. The second kappa shape index (κ2) is 5.74. The number of hydrogen-bond donors (Lipinski definition) is 1. The molecule has 24 heavy (non-hydrogen) atoms. The average Bonchev–Trinajstić information content (AvgIpc) is 3.31. The van der Waals surface area contributed by atoms with Crippen LogP contribution in [0.2, 0.25) is 0 Å². The molecule has 1 fully saturated rings. The molecule has 124 valence electrons. The summed E-state index contributed by atoms with van der Waals surface area (Å²) in [6.45, 7) is 4.71. The highest BCUT2D eigenvalue weighted by molar-refractivity contribution is 6.05. The Balaban J connectivity index is 1.67. The van der Waals surface area contributed by atoms with Crippen LogP contribution in [0.1, 0.15) is 60.7 Å². The molecule has 1 atom stereocenters. The molecule has 0 aliphatic carbocycles. The summed E-state index contributed by atoms with van der Waals surface area (Å²) in [7, 11) is 0. The zero-order valence-corrected chi connectivity index (χ0v) is 13.7. The Morgan fingerprint density at radius 1 is 1.42 bits per heavy atom. The molecule has 1 aliphatic rings. The van der Waals surface area contributed by atoms with Crippen molar-refractivity contribution < 1.29 is 9.32 Å². The number of H-pyrrole nitrogens is 1. The maximum Gasteiger partial charge on any atom is 0.256 e. The van der Waals surface area contributed by atoms with Crippen molar-refractivity contribution in [3.05, 3.63) is 41.7 Å². The third-order valence-electron chi connectivity index (χ3n) is 4.47. The Kier molecular flexibility index (Phi) is 3.55. The van der Waals surface area contributed by atoms with Gasteiger partial charge in [0, 0.05) is 17.8 Å². The van der Waals surface area contributed by atoms with Crippen molar-refractivity contribution in [1.29, 1.82) is 0 Å². The van der Waals surface area contributed by atoms with Crippen molar-refractivity contribution in [2.75, 3.05) is 6.54 Å². The van der Waals surface area contributed by atoms with Gasteiger partial charge in [0.15, 0.2) is 5.82 Å². The SMILES string of the molecule is CC(C)c1nc([C@@H]2CCCN2C(=O)c2cccc3cn[nH]c23)no1. The van der Waals surface area contributed by atoms with Gasteiger partial charge in [-0.2, -0.15) is 10.1 Å². The normalized spacial score (nSPS) is 18.0. The van der Waals surface area contributed by atoms with Gasteiger partial charge in [0.1, 0.15) is 0 Å². The fourth-order valence-corrected chi connectivity index (χ4v) is 3.20. The van der Waals surface area contributed by atoms with E-state index in [0.29, 0.717) is 23.8 Å². The molecule has 1 amide bonds. The number of likely N-dealkylation sites (tertiary alicyclic amines) is 1. The van der Waals surface area contributed by atoms with Crippen molar-refractivity contribution in [2.45, 2.75) is 38.6 Å². The fourth-order valence-electron chi connectivity index (χ4n) is 3.20. The van der Waals surface area contributed by atoms with E-state index in [9.17, 15) is 4.79 Å². The van der Waals surface area contributed by atoms with Gasteiger partial charge < -0.3 is 9.42 Å². The summed E-state index contributed by atoms with van der Waals surface area (Å²) < 4.78 is 5.31. The molecular weight excluding hydrogens is 306 g/mol. The van der Waals surface area contributed by atoms with E-state index in [0.717, 1.165) is 23.7 Å². The largest absolute Gasteiger partial charge is 0.339 e. The molecule has 1 N–H and O–H groups in total. The maximum absolute atomic E-state index is 13.1. The molecule has 0 spiro atoms. The van der Waals surface area contributed by atoms with Crippen molar-refractivity contribution in [1.82, 2.24) is 25.2 Å². The van der Waals surface area contributed by atoms with E-state index in [-0.39, 0.29) is 17.9 Å². The van der Waals surface area contributed by atoms with Gasteiger partial charge in [-0.05, 0) is 18.9 Å². The predicted molar refractivity (Wildman–Crippen MR) is 87.5 cm³/mol. The smallest absolute Gasteiger partial charge is 0.256 e. The highest BCUT2D eigenvalue weighted by atomic mass is 16.5. The summed E-state index contributed by atoms with van der Waals surface area (Å²) in [6.07, 6.45) is 3.50. The van der Waals surface area contributed by atoms with Crippen LogP contribution in [0, 0.1) is 0 Å². The summed E-state index contributed by atoms with van der Waals surface area (Å²) >= 11 is 0. The van der Waals surface area contributed by atoms with Gasteiger partial charge in [-0.3, -0.25) is 9.89 Å². The summed E-state index contributed by atoms with van der Waals surface area (Å²) in [6, 6.07) is 5.51. The number of nitrogens with one attached hydrogen (secondary N) is 1. The van der Waals surface area contributed by atoms with Crippen LogP contribution in [0.3, 0.4) is 0 Å². The first-order chi connectivity index (χ1) is 11.6. The van der Waals surface area contributed by atoms with Gasteiger partial charge in [-0.25, -0.2) is 0 Å². The van der Waals surface area contributed by atoms with E-state index >= 15 is 0 Å². The second-order valence-corrected chi connectivity index (χ2v) is 6.44. The van der Waals surface area contributed by atoms with Crippen LogP contribution in [0.5, 0.6) is 0 Å². The zero-order chi connectivity index (χ0) is 16.7. The van der Waals surface area contributed by atoms with Crippen molar-refractivity contribution in [2.24, 2.45) is 0 Å². The minimum absolute atomic E-state index is 0.0248. The molecule has 0 saturated carbocycles. The number of benzene rings is 1. The molecule has 0 radical (unpaired) electrons. The van der Waals surface area contributed by atoms with E-state index in [2.05, 4.69) is 20.3 Å². The highest BCUT2D eigenvalue weighted by Gasteiger charge is 2.34. The maximum atomic E-state index is 13.1. The Hall–Kier alpha value is -2.70. The number of nitrogens with zero attached hydrogens (tertiary/aromatic N) is 4. The number of carbonyl (C=O) groups is 1. The molecule has 0 unspecified atom stereocenters. The molecule has 4 rings (SSSR count). The molecule has 1 aliphatic heterocycles. The predicted octanol–water partition coefficient (Wildman–Crippen LogP) is 3.05. The number of aromatic nitrogens is 4. The number of aromatic amines is 1. The number of hydrogen-bond acceptors (Lipinski definition) is 5. The lowest BCUT2D eigenvalue weighted by Gasteiger charge is -2.22. The number of fused-ring (bicyclic) bond motifs is 1. The first kappa shape index (κ1) is 14.9. The van der Waals surface area contributed by atoms with Gasteiger partial charge in [-0.15, -0.1) is 0 Å². The number of rotatable bonds is 3. The number of amides is 1. The van der Waals surface area contributed by atoms with Crippen LogP contribution in [0.25, 0.3) is 10.9 Å². The van der Waals surface area contributed by atoms with E-state index < -0.39 is 0 Å². The molecule has 7 heteroatoms. The minimum Gasteiger partial charge on any atom is -0.339 e. The molecule has 3 heterocycles. The summed E-state index contributed by atoms with van der Waals surface area (Å²) in [5, 5.41) is 12.0. The molecule has 7 nitrogen and oxygen atoms in total. The molecular formula is C17H19N5O2. The van der Waals surface area contributed by atoms with Gasteiger partial charge in [0.05, 0.1) is 23.3 Å². The van der Waals surface area contributed by atoms with Crippen LogP contribution in [-0.4, -0.2) is 37.7 Å². The van der Waals surface area contributed by atoms with Crippen molar-refractivity contribution >= 4 is 16.8 Å². The lowest BCUT2D eigenvalue weighted by molar-refractivity contribution is 0.0730. The third kappa shape index (κ3) is 2.36. The lowest BCUT2D eigenvalue weighted by atomic mass is 10.1. The summed E-state index contributed by atoms with van der Waals surface area (Å²) in [5.74, 6) is 1.36. The van der Waals surface area contributed by atoms with E-state index in [1.807, 2.05) is 36.9 Å². The van der Waals surface area contributed by atoms with E-state index in [1.165, 1.54) is 0 Å². The Labute approximate surface area is 139 Å². The van der Waals surface area contributed by atoms with Crippen LogP contribution in [-0.2, 0) is 0 Å². The molecule has 3 aromatic rings. The summed E-state index contributed by atoms with van der Waals surface area (Å²) in [4.78, 5) is 19.4. The second-order valence-electron chi connectivity index (χ2n) is 6.44. The quantitative estimate of drug-likeness (QED) is 0.799. The fraction of sp³-hybridized carbons (Fsp3) is 0.412. The first-order valence-corrected chi connectivity index (χ1v) is 8.21. The molecule has 0 bridgehead atoms. The average molecular weight is 325 g/mol. The van der Waals surface area contributed by atoms with Gasteiger partial charge in [0.2, 0.25) is 5.89 Å². The lowest BCUT2D eigenvalue weighted by Crippen LogP contribution is -2.31. The summed E-state index contributed by atoms with van der Waals surface area (Å²) in [5.41, 5.74) is 1.40. The van der Waals surface area contributed by atoms with Crippen LogP contribution in [0.4, 0.5) is 0 Å². The van der Waals surface area contributed by atoms with Gasteiger partial charge in [-0.1, -0.05) is 31.1 Å². The van der Waals surface area contributed by atoms with E-state index in [1.54, 1.807) is 6.20 Å². The van der Waals surface area contributed by atoms with Crippen LogP contribution >= 0.6 is 0 Å². The third-order valence-corrected chi connectivity index (χ3v) is 4.47. The minimum atomic E-state index is -0.132.